The molecule has 0 aliphatic rings. The molecule has 3 N–H and O–H groups in total. The molecule has 0 amide bonds. The van der Waals surface area contributed by atoms with Crippen LogP contribution in [-0.4, -0.2) is 96.7 Å². The van der Waals surface area contributed by atoms with Gasteiger partial charge in [-0.05, 0) is 161 Å². The van der Waals surface area contributed by atoms with Crippen molar-refractivity contribution in [2.45, 2.75) is 329 Å². The van der Waals surface area contributed by atoms with E-state index in [1.807, 2.05) is 0 Å². The van der Waals surface area contributed by atoms with Gasteiger partial charge in [-0.25, -0.2) is 9.13 Å². The summed E-state index contributed by atoms with van der Waals surface area (Å²) >= 11 is 0. The monoisotopic (exact) mass is 1500 g/mol. The predicted octanol–water partition coefficient (Wildman–Crippen LogP) is 23.4. The first kappa shape index (κ1) is 98.9. The van der Waals surface area contributed by atoms with Crippen LogP contribution in [0, 0.1) is 0 Å². The first-order valence-electron chi connectivity index (χ1n) is 40.1. The van der Waals surface area contributed by atoms with Gasteiger partial charge in [-0.3, -0.25) is 37.3 Å². The Labute approximate surface area is 630 Å². The maximum atomic E-state index is 13.1. The Morgan fingerprint density at radius 1 is 0.279 bits per heavy atom. The molecule has 5 unspecified atom stereocenters. The van der Waals surface area contributed by atoms with Gasteiger partial charge in [0.05, 0.1) is 26.4 Å². The summed E-state index contributed by atoms with van der Waals surface area (Å²) in [5.41, 5.74) is 0. The van der Waals surface area contributed by atoms with Gasteiger partial charge >= 0.3 is 39.5 Å². The number of phosphoric acid groups is 2. The van der Waals surface area contributed by atoms with Gasteiger partial charge in [-0.1, -0.05) is 270 Å². The Kier molecular flexibility index (Phi) is 72.4. The Balaban J connectivity index is 5.38. The molecular formula is C85H142O17P2. The van der Waals surface area contributed by atoms with Crippen molar-refractivity contribution in [3.8, 4) is 0 Å². The molecule has 0 aromatic heterocycles. The Morgan fingerprint density at radius 2 is 0.510 bits per heavy atom. The molecule has 0 saturated carbocycles. The van der Waals surface area contributed by atoms with Crippen LogP contribution in [0.2, 0.25) is 0 Å². The Hall–Kier alpha value is -5.06. The van der Waals surface area contributed by atoms with Gasteiger partial charge in [0.1, 0.15) is 19.3 Å². The van der Waals surface area contributed by atoms with Gasteiger partial charge in [-0.15, -0.1) is 0 Å². The molecule has 594 valence electrons. The van der Waals surface area contributed by atoms with Crippen molar-refractivity contribution in [3.63, 3.8) is 0 Å². The highest BCUT2D eigenvalue weighted by Gasteiger charge is 2.30. The average Bonchev–Trinajstić information content (AvgIpc) is 0.929. The summed E-state index contributed by atoms with van der Waals surface area (Å²) in [5, 5.41) is 10.6. The highest BCUT2D eigenvalue weighted by Crippen LogP contribution is 2.45. The second-order valence-electron chi connectivity index (χ2n) is 26.2. The predicted molar refractivity (Wildman–Crippen MR) is 427 cm³/mol. The summed E-state index contributed by atoms with van der Waals surface area (Å²) in [6.45, 7) is 4.50. The number of hydrogen-bond acceptors (Lipinski definition) is 15. The van der Waals surface area contributed by atoms with Gasteiger partial charge < -0.3 is 33.8 Å². The summed E-state index contributed by atoms with van der Waals surface area (Å²) in [6, 6.07) is 0. The molecule has 0 heterocycles. The van der Waals surface area contributed by atoms with Crippen LogP contribution >= 0.6 is 15.6 Å². The zero-order valence-electron chi connectivity index (χ0n) is 64.9. The molecule has 0 rings (SSSR count). The third-order valence-corrected chi connectivity index (χ3v) is 18.2. The lowest BCUT2D eigenvalue weighted by Gasteiger charge is -2.21. The van der Waals surface area contributed by atoms with E-state index in [1.165, 1.54) is 32.1 Å². The van der Waals surface area contributed by atoms with Gasteiger partial charge in [0.2, 0.25) is 0 Å². The molecule has 0 aromatic carbocycles. The minimum absolute atomic E-state index is 0.0674. The van der Waals surface area contributed by atoms with Crippen LogP contribution in [0.1, 0.15) is 310 Å². The quantitative estimate of drug-likeness (QED) is 0.0169. The van der Waals surface area contributed by atoms with Crippen LogP contribution in [0.25, 0.3) is 0 Å². The van der Waals surface area contributed by atoms with Crippen molar-refractivity contribution in [1.82, 2.24) is 0 Å². The van der Waals surface area contributed by atoms with Gasteiger partial charge in [0, 0.05) is 25.7 Å². The normalized spacial score (nSPS) is 14.6. The number of hydrogen-bond donors (Lipinski definition) is 3. The third-order valence-electron chi connectivity index (χ3n) is 16.3. The molecule has 0 aliphatic carbocycles. The lowest BCUT2D eigenvalue weighted by molar-refractivity contribution is -0.161. The molecular weight excluding hydrogens is 1350 g/mol. The van der Waals surface area contributed by atoms with Gasteiger partial charge in [0.15, 0.2) is 12.2 Å². The van der Waals surface area contributed by atoms with E-state index in [4.69, 9.17) is 37.0 Å². The lowest BCUT2D eigenvalue weighted by Crippen LogP contribution is -2.30. The molecule has 0 aromatic rings. The zero-order valence-corrected chi connectivity index (χ0v) is 66.7. The smallest absolute Gasteiger partial charge is 0.462 e. The fourth-order valence-electron chi connectivity index (χ4n) is 10.2. The number of ether oxygens (including phenoxy) is 4. The van der Waals surface area contributed by atoms with Gasteiger partial charge in [-0.2, -0.15) is 0 Å². The average molecular weight is 1500 g/mol. The first-order valence-corrected chi connectivity index (χ1v) is 43.1. The number of carbonyl (C=O) groups excluding carboxylic acids is 4. The van der Waals surface area contributed by atoms with E-state index in [0.29, 0.717) is 25.7 Å². The van der Waals surface area contributed by atoms with Crippen molar-refractivity contribution in [1.29, 1.82) is 0 Å². The summed E-state index contributed by atoms with van der Waals surface area (Å²) in [4.78, 5) is 73.0. The molecule has 0 saturated heterocycles. The van der Waals surface area contributed by atoms with Crippen LogP contribution < -0.4 is 0 Å². The minimum Gasteiger partial charge on any atom is -0.462 e. The number of unbranched alkanes of at least 4 members (excludes halogenated alkanes) is 24. The second-order valence-corrected chi connectivity index (χ2v) is 29.1. The first-order chi connectivity index (χ1) is 50.7. The number of aliphatic hydroxyl groups excluding tert-OH is 1. The Morgan fingerprint density at radius 3 is 0.817 bits per heavy atom. The van der Waals surface area contributed by atoms with Crippen molar-refractivity contribution in [2.24, 2.45) is 0 Å². The molecule has 17 nitrogen and oxygen atoms in total. The number of carbonyl (C=O) groups is 4. The van der Waals surface area contributed by atoms with Crippen LogP contribution in [0.5, 0.6) is 0 Å². The van der Waals surface area contributed by atoms with Crippen molar-refractivity contribution >= 4 is 39.5 Å². The Bertz CT molecular complexity index is 2540. The van der Waals surface area contributed by atoms with E-state index in [9.17, 15) is 43.2 Å². The van der Waals surface area contributed by atoms with Crippen LogP contribution in [0.3, 0.4) is 0 Å². The third kappa shape index (κ3) is 75.2. The van der Waals surface area contributed by atoms with Gasteiger partial charge in [0.25, 0.3) is 0 Å². The van der Waals surface area contributed by atoms with E-state index in [2.05, 4.69) is 174 Å². The topological polar surface area (TPSA) is 237 Å². The van der Waals surface area contributed by atoms with Crippen LogP contribution in [0.15, 0.2) is 146 Å². The number of esters is 4. The molecule has 19 heteroatoms. The maximum Gasteiger partial charge on any atom is 0.472 e. The SMILES string of the molecule is CC/C=C\C/C=C\C/C=C\C/C=C\C/C=C\CCCCCC(=O)OCC(COP(=O)(O)OCC(O)COP(=O)(O)OCC(COC(=O)CCCCCCCC/C=C\C/C=C\C/C=C\C/C=C\CC)OC(=O)CCCCCCC/C=C\CCCC)OC(=O)CCCCCCC/C=C\C/C=C\CCCCC. The minimum atomic E-state index is -4.99. The van der Waals surface area contributed by atoms with Crippen molar-refractivity contribution in [3.05, 3.63) is 146 Å². The van der Waals surface area contributed by atoms with Crippen LogP contribution in [0.4, 0.5) is 0 Å². The fourth-order valence-corrected chi connectivity index (χ4v) is 11.8. The van der Waals surface area contributed by atoms with Crippen molar-refractivity contribution < 1.29 is 80.2 Å². The number of rotatable bonds is 74. The zero-order chi connectivity index (χ0) is 76.0. The summed E-state index contributed by atoms with van der Waals surface area (Å²) < 4.78 is 68.5. The summed E-state index contributed by atoms with van der Waals surface area (Å²) in [5.74, 6) is -2.25. The molecule has 5 atom stereocenters. The number of aliphatic hydroxyl groups is 1. The van der Waals surface area contributed by atoms with E-state index >= 15 is 0 Å². The highest BCUT2D eigenvalue weighted by atomic mass is 31.2. The maximum absolute atomic E-state index is 13.1. The number of allylic oxidation sites excluding steroid dienone is 24. The molecule has 0 bridgehead atoms. The standard InChI is InChI=1S/C85H142O17P2/c1-5-9-13-17-21-25-29-32-35-37-39-41-44-46-50-53-57-61-65-69-82(87)95-75-80(101-84(89)71-67-63-59-55-49-28-24-20-16-12-8-4)77-99-103(91,92)97-73-79(86)74-98-104(93,94)100-78-81(102-85(90)72-68-64-60-56-52-48-43-34-31-27-23-19-15-11-7-3)76-96-83(88)70-66-62-58-54-51-47-45-42-40-38-36-33-30-26-22-18-14-10-6-2/h9-10,13-14,20-27,32-36,39-43,47,51,79-81,86H,5-8,11-12,15-19,28-31,37-38,44-46,48-50,52-78H2,1-4H3,(H,91,92)(H,93,94)/b13-9-,14-10-,24-20-,25-21-,26-22-,27-23-,35-32-,36-33-,41-39-,42-40-,43-34-,51-47-. The second kappa shape index (κ2) is 76.1. The lowest BCUT2D eigenvalue weighted by atomic mass is 10.1. The van der Waals surface area contributed by atoms with E-state index in [1.54, 1.807) is 0 Å². The number of phosphoric ester groups is 2. The highest BCUT2D eigenvalue weighted by molar-refractivity contribution is 7.47. The summed E-state index contributed by atoms with van der Waals surface area (Å²) in [7, 11) is -9.98. The summed E-state index contributed by atoms with van der Waals surface area (Å²) in [6.07, 6.45) is 86.8. The van der Waals surface area contributed by atoms with Crippen LogP contribution in [-0.2, 0) is 65.4 Å². The van der Waals surface area contributed by atoms with Crippen molar-refractivity contribution in [2.75, 3.05) is 39.6 Å². The van der Waals surface area contributed by atoms with E-state index < -0.39 is 97.5 Å². The van der Waals surface area contributed by atoms with E-state index in [0.717, 1.165) is 199 Å². The molecule has 0 aliphatic heterocycles. The van der Waals surface area contributed by atoms with E-state index in [-0.39, 0.29) is 25.7 Å². The molecule has 104 heavy (non-hydrogen) atoms. The molecule has 0 spiro atoms. The molecule has 0 fully saturated rings. The fraction of sp³-hybridized carbons (Fsp3) is 0.671. The molecule has 0 radical (unpaired) electrons. The largest absolute Gasteiger partial charge is 0.472 e.